The van der Waals surface area contributed by atoms with Gasteiger partial charge in [0.05, 0.1) is 24.1 Å². The molecular weight excluding hydrogens is 367 g/mol. The van der Waals surface area contributed by atoms with Crippen molar-refractivity contribution in [2.45, 2.75) is 26.1 Å². The van der Waals surface area contributed by atoms with Crippen molar-refractivity contribution in [1.82, 2.24) is 9.55 Å². The summed E-state index contributed by atoms with van der Waals surface area (Å²) in [4.78, 5) is 4.40. The zero-order valence-corrected chi connectivity index (χ0v) is 15.8. The van der Waals surface area contributed by atoms with E-state index in [4.69, 9.17) is 4.74 Å². The summed E-state index contributed by atoms with van der Waals surface area (Å²) in [6.07, 6.45) is 6.17. The number of aromatic nitrogens is 2. The van der Waals surface area contributed by atoms with E-state index < -0.39 is 11.7 Å². The van der Waals surface area contributed by atoms with Crippen LogP contribution in [0.5, 0.6) is 0 Å². The third kappa shape index (κ3) is 4.65. The molecule has 1 aliphatic carbocycles. The van der Waals surface area contributed by atoms with Crippen molar-refractivity contribution < 1.29 is 17.9 Å². The molecule has 1 aromatic heterocycles. The van der Waals surface area contributed by atoms with E-state index in [0.717, 1.165) is 41.1 Å². The average Bonchev–Trinajstić information content (AvgIpc) is 2.87. The van der Waals surface area contributed by atoms with Crippen LogP contribution in [0.1, 0.15) is 30.2 Å². The molecule has 7 heteroatoms. The standard InChI is InChI=1S/C21H22F3N3O/c1-3-28-18-6-4-5-16(9-12-18)19-14-26-20(27(19)2)25-13-15-7-10-17(11-8-15)21(22,23)24/h4,6-12,14H,3,5,13H2,1-2H3,(H,25,26). The second-order valence-electron chi connectivity index (χ2n) is 6.37. The molecule has 1 aliphatic rings. The third-order valence-electron chi connectivity index (χ3n) is 4.43. The first-order valence-corrected chi connectivity index (χ1v) is 9.00. The largest absolute Gasteiger partial charge is 0.494 e. The molecule has 3 rings (SSSR count). The lowest BCUT2D eigenvalue weighted by Gasteiger charge is -2.11. The molecule has 1 N–H and O–H groups in total. The highest BCUT2D eigenvalue weighted by Gasteiger charge is 2.29. The Bertz CT molecular complexity index is 906. The summed E-state index contributed by atoms with van der Waals surface area (Å²) in [7, 11) is 1.90. The van der Waals surface area contributed by atoms with Crippen molar-refractivity contribution in [3.63, 3.8) is 0 Å². The van der Waals surface area contributed by atoms with Crippen molar-refractivity contribution in [1.29, 1.82) is 0 Å². The van der Waals surface area contributed by atoms with E-state index in [1.165, 1.54) is 12.1 Å². The fraction of sp³-hybridized carbons (Fsp3) is 0.286. The lowest BCUT2D eigenvalue weighted by molar-refractivity contribution is -0.137. The number of ether oxygens (including phenoxy) is 1. The number of alkyl halides is 3. The van der Waals surface area contributed by atoms with Crippen LogP contribution in [0.2, 0.25) is 0 Å². The summed E-state index contributed by atoms with van der Waals surface area (Å²) in [6, 6.07) is 5.12. The molecule has 0 fully saturated rings. The Morgan fingerprint density at radius 1 is 1.18 bits per heavy atom. The molecule has 0 saturated carbocycles. The van der Waals surface area contributed by atoms with Gasteiger partial charge in [-0.3, -0.25) is 0 Å². The lowest BCUT2D eigenvalue weighted by atomic mass is 10.1. The monoisotopic (exact) mass is 389 g/mol. The summed E-state index contributed by atoms with van der Waals surface area (Å²) in [5, 5.41) is 3.18. The molecule has 0 spiro atoms. The molecule has 0 radical (unpaired) electrons. The molecule has 0 amide bonds. The van der Waals surface area contributed by atoms with Gasteiger partial charge < -0.3 is 14.6 Å². The van der Waals surface area contributed by atoms with Crippen LogP contribution in [0.4, 0.5) is 19.1 Å². The van der Waals surface area contributed by atoms with E-state index >= 15 is 0 Å². The van der Waals surface area contributed by atoms with Gasteiger partial charge in [0.1, 0.15) is 5.76 Å². The first-order valence-electron chi connectivity index (χ1n) is 9.00. The van der Waals surface area contributed by atoms with E-state index in [1.807, 2.05) is 42.8 Å². The molecule has 148 valence electrons. The first-order chi connectivity index (χ1) is 13.4. The number of anilines is 1. The number of hydrogen-bond donors (Lipinski definition) is 1. The third-order valence-corrected chi connectivity index (χ3v) is 4.43. The number of rotatable bonds is 6. The van der Waals surface area contributed by atoms with Gasteiger partial charge in [-0.2, -0.15) is 13.2 Å². The molecular formula is C21H22F3N3O. The molecule has 1 heterocycles. The van der Waals surface area contributed by atoms with E-state index in [9.17, 15) is 13.2 Å². The average molecular weight is 389 g/mol. The molecule has 0 saturated heterocycles. The van der Waals surface area contributed by atoms with Crippen molar-refractivity contribution >= 4 is 11.5 Å². The Hall–Kier alpha value is -2.96. The van der Waals surface area contributed by atoms with Gasteiger partial charge in [0.15, 0.2) is 0 Å². The number of nitrogens with zero attached hydrogens (tertiary/aromatic N) is 2. The Morgan fingerprint density at radius 2 is 1.93 bits per heavy atom. The maximum atomic E-state index is 12.6. The minimum atomic E-state index is -4.32. The number of imidazole rings is 1. The van der Waals surface area contributed by atoms with Crippen LogP contribution in [0.15, 0.2) is 60.5 Å². The van der Waals surface area contributed by atoms with Gasteiger partial charge >= 0.3 is 6.18 Å². The molecule has 0 atom stereocenters. The number of benzene rings is 1. The lowest BCUT2D eigenvalue weighted by Crippen LogP contribution is -2.08. The van der Waals surface area contributed by atoms with Crippen LogP contribution in [0, 0.1) is 0 Å². The van der Waals surface area contributed by atoms with Crippen LogP contribution in [-0.2, 0) is 24.5 Å². The van der Waals surface area contributed by atoms with E-state index in [1.54, 1.807) is 6.20 Å². The molecule has 1 aromatic carbocycles. The summed E-state index contributed by atoms with van der Waals surface area (Å²) in [5.41, 5.74) is 2.17. The van der Waals surface area contributed by atoms with Gasteiger partial charge in [-0.25, -0.2) is 4.98 Å². The number of nitrogens with one attached hydrogen (secondary N) is 1. The smallest absolute Gasteiger partial charge is 0.416 e. The van der Waals surface area contributed by atoms with Crippen LogP contribution in [0.3, 0.4) is 0 Å². The van der Waals surface area contributed by atoms with Gasteiger partial charge in [-0.1, -0.05) is 24.3 Å². The Kier molecular flexibility index (Phi) is 5.92. The predicted octanol–water partition coefficient (Wildman–Crippen LogP) is 5.31. The molecule has 0 bridgehead atoms. The molecule has 2 aromatic rings. The Morgan fingerprint density at radius 3 is 2.61 bits per heavy atom. The highest BCUT2D eigenvalue weighted by molar-refractivity contribution is 5.68. The normalized spacial score (nSPS) is 14.3. The maximum Gasteiger partial charge on any atom is 0.416 e. The van der Waals surface area contributed by atoms with Crippen LogP contribution in [0.25, 0.3) is 5.57 Å². The van der Waals surface area contributed by atoms with Gasteiger partial charge in [-0.15, -0.1) is 0 Å². The molecule has 0 unspecified atom stereocenters. The maximum absolute atomic E-state index is 12.6. The second-order valence-corrected chi connectivity index (χ2v) is 6.37. The zero-order chi connectivity index (χ0) is 20.1. The molecule has 0 aliphatic heterocycles. The number of halogens is 3. The number of allylic oxidation sites excluding steroid dienone is 5. The van der Waals surface area contributed by atoms with Gasteiger partial charge in [0, 0.05) is 13.6 Å². The van der Waals surface area contributed by atoms with Gasteiger partial charge in [0.25, 0.3) is 0 Å². The quantitative estimate of drug-likeness (QED) is 0.727. The van der Waals surface area contributed by atoms with E-state index in [-0.39, 0.29) is 0 Å². The van der Waals surface area contributed by atoms with Crippen molar-refractivity contribution in [3.05, 3.63) is 77.3 Å². The minimum absolute atomic E-state index is 0.385. The fourth-order valence-electron chi connectivity index (χ4n) is 2.93. The summed E-state index contributed by atoms with van der Waals surface area (Å²) in [6.45, 7) is 2.94. The van der Waals surface area contributed by atoms with Crippen LogP contribution in [-0.4, -0.2) is 16.2 Å². The predicted molar refractivity (Wildman–Crippen MR) is 103 cm³/mol. The minimum Gasteiger partial charge on any atom is -0.494 e. The Labute approximate surface area is 162 Å². The fourth-order valence-corrected chi connectivity index (χ4v) is 2.93. The van der Waals surface area contributed by atoms with E-state index in [2.05, 4.69) is 10.3 Å². The highest BCUT2D eigenvalue weighted by atomic mass is 19.4. The summed E-state index contributed by atoms with van der Waals surface area (Å²) >= 11 is 0. The summed E-state index contributed by atoms with van der Waals surface area (Å²) in [5.74, 6) is 1.47. The second kappa shape index (κ2) is 8.37. The first kappa shape index (κ1) is 19.8. The van der Waals surface area contributed by atoms with Crippen LogP contribution >= 0.6 is 0 Å². The Balaban J connectivity index is 1.69. The number of hydrogen-bond acceptors (Lipinski definition) is 3. The van der Waals surface area contributed by atoms with Crippen LogP contribution < -0.4 is 5.32 Å². The topological polar surface area (TPSA) is 39.1 Å². The molecule has 4 nitrogen and oxygen atoms in total. The highest BCUT2D eigenvalue weighted by Crippen LogP contribution is 2.29. The summed E-state index contributed by atoms with van der Waals surface area (Å²) < 4.78 is 45.4. The SMILES string of the molecule is CCOC1=CC=C(c2cnc(NCc3ccc(C(F)(F)F)cc3)n2C)CC=C1. The van der Waals surface area contributed by atoms with Gasteiger partial charge in [0.2, 0.25) is 5.95 Å². The van der Waals surface area contributed by atoms with Gasteiger partial charge in [-0.05, 0) is 48.8 Å². The van der Waals surface area contributed by atoms with E-state index in [0.29, 0.717) is 19.1 Å². The van der Waals surface area contributed by atoms with Crippen molar-refractivity contribution in [2.24, 2.45) is 7.05 Å². The van der Waals surface area contributed by atoms with Crippen molar-refractivity contribution in [2.75, 3.05) is 11.9 Å². The van der Waals surface area contributed by atoms with Crippen molar-refractivity contribution in [3.8, 4) is 0 Å². The molecule has 28 heavy (non-hydrogen) atoms. The zero-order valence-electron chi connectivity index (χ0n) is 15.8.